The normalized spacial score (nSPS) is 24.9. The molecule has 1 saturated heterocycles. The molecule has 0 aromatic rings. The van der Waals surface area contributed by atoms with Crippen LogP contribution in [0.15, 0.2) is 23.3 Å². The first-order valence-electron chi connectivity index (χ1n) is 7.64. The van der Waals surface area contributed by atoms with Crippen LogP contribution in [-0.4, -0.2) is 40.9 Å². The van der Waals surface area contributed by atoms with Gasteiger partial charge in [0.1, 0.15) is 6.04 Å². The molecule has 1 amide bonds. The highest BCUT2D eigenvalue weighted by Gasteiger charge is 2.44. The molecule has 1 aliphatic rings. The van der Waals surface area contributed by atoms with Gasteiger partial charge in [-0.25, -0.2) is 0 Å². The number of aliphatic hydroxyl groups excluding tert-OH is 1. The van der Waals surface area contributed by atoms with Gasteiger partial charge in [-0.15, -0.1) is 0 Å². The predicted molar refractivity (Wildman–Crippen MR) is 83.8 cm³/mol. The lowest BCUT2D eigenvalue weighted by molar-refractivity contribution is -0.128. The minimum Gasteiger partial charge on any atom is -0.391 e. The van der Waals surface area contributed by atoms with E-state index in [0.29, 0.717) is 0 Å². The first kappa shape index (κ1) is 17.6. The van der Waals surface area contributed by atoms with Gasteiger partial charge >= 0.3 is 0 Å². The molecule has 21 heavy (non-hydrogen) atoms. The molecule has 0 aliphatic carbocycles. The highest BCUT2D eigenvalue weighted by molar-refractivity contribution is 6.27. The van der Waals surface area contributed by atoms with Gasteiger partial charge in [-0.05, 0) is 46.0 Å². The Labute approximate surface area is 127 Å². The van der Waals surface area contributed by atoms with Gasteiger partial charge in [-0.2, -0.15) is 0 Å². The van der Waals surface area contributed by atoms with Crippen molar-refractivity contribution in [2.75, 3.05) is 7.05 Å². The van der Waals surface area contributed by atoms with E-state index < -0.39 is 12.1 Å². The lowest BCUT2D eigenvalue weighted by atomic mass is 9.90. The molecule has 1 rings (SSSR count). The molecule has 118 valence electrons. The number of ketones is 1. The van der Waals surface area contributed by atoms with Gasteiger partial charge in [0.2, 0.25) is 0 Å². The summed E-state index contributed by atoms with van der Waals surface area (Å²) < 4.78 is 0. The molecule has 0 aromatic heterocycles. The zero-order valence-electron chi connectivity index (χ0n) is 13.7. The lowest BCUT2D eigenvalue weighted by Gasteiger charge is -2.19. The minimum absolute atomic E-state index is 0.194. The number of rotatable bonds is 6. The number of likely N-dealkylation sites (N-methyl/N-ethyl adjacent to an activating group) is 1. The van der Waals surface area contributed by atoms with Gasteiger partial charge in [-0.3, -0.25) is 9.59 Å². The molecular formula is C17H27NO3. The molecule has 1 aliphatic heterocycles. The maximum Gasteiger partial charge on any atom is 0.257 e. The highest BCUT2D eigenvalue weighted by Crippen LogP contribution is 2.29. The van der Waals surface area contributed by atoms with Crippen molar-refractivity contribution in [2.45, 2.75) is 59.1 Å². The molecule has 4 nitrogen and oxygen atoms in total. The van der Waals surface area contributed by atoms with Crippen LogP contribution < -0.4 is 0 Å². The summed E-state index contributed by atoms with van der Waals surface area (Å²) in [5.41, 5.74) is 1.13. The number of carbonyl (C=O) groups is 2. The number of allylic oxidation sites excluding steroid dienone is 3. The second kappa shape index (κ2) is 7.55. The number of hydrogen-bond acceptors (Lipinski definition) is 3. The molecule has 0 bridgehead atoms. The number of nitrogens with zero attached hydrogens (tertiary/aromatic N) is 1. The van der Waals surface area contributed by atoms with Crippen LogP contribution in [0, 0.1) is 5.92 Å². The van der Waals surface area contributed by atoms with E-state index in [-0.39, 0.29) is 23.2 Å². The van der Waals surface area contributed by atoms with E-state index in [9.17, 15) is 14.7 Å². The van der Waals surface area contributed by atoms with Crippen molar-refractivity contribution in [3.05, 3.63) is 23.3 Å². The molecule has 1 N–H and O–H groups in total. The van der Waals surface area contributed by atoms with E-state index in [1.807, 2.05) is 26.8 Å². The number of likely N-dealkylation sites (tertiary alicyclic amines) is 1. The third-order valence-corrected chi connectivity index (χ3v) is 4.30. The third-order valence-electron chi connectivity index (χ3n) is 4.30. The van der Waals surface area contributed by atoms with Crippen LogP contribution in [0.25, 0.3) is 0 Å². The summed E-state index contributed by atoms with van der Waals surface area (Å²) in [5.74, 6) is -0.307. The van der Waals surface area contributed by atoms with Gasteiger partial charge in [0.05, 0.1) is 11.7 Å². The summed E-state index contributed by atoms with van der Waals surface area (Å²) >= 11 is 0. The van der Waals surface area contributed by atoms with Crippen LogP contribution in [-0.2, 0) is 9.59 Å². The third kappa shape index (κ3) is 3.82. The number of amides is 1. The number of Topliss-reactive ketones (excluding diaryl/α,β-unsaturated/α-hetero) is 1. The fourth-order valence-electron chi connectivity index (χ4n) is 2.81. The van der Waals surface area contributed by atoms with Gasteiger partial charge in [0.15, 0.2) is 5.78 Å². The summed E-state index contributed by atoms with van der Waals surface area (Å²) in [6, 6.07) is -0.738. The van der Waals surface area contributed by atoms with Crippen molar-refractivity contribution < 1.29 is 14.7 Å². The van der Waals surface area contributed by atoms with Gasteiger partial charge in [-0.1, -0.05) is 24.6 Å². The smallest absolute Gasteiger partial charge is 0.257 e. The van der Waals surface area contributed by atoms with Crippen LogP contribution in [0.1, 0.15) is 47.0 Å². The molecule has 0 radical (unpaired) electrons. The quantitative estimate of drug-likeness (QED) is 0.354. The summed E-state index contributed by atoms with van der Waals surface area (Å²) in [6.07, 6.45) is 6.31. The van der Waals surface area contributed by atoms with Crippen molar-refractivity contribution in [2.24, 2.45) is 5.92 Å². The minimum atomic E-state index is -0.846. The first-order valence-corrected chi connectivity index (χ1v) is 7.64. The van der Waals surface area contributed by atoms with Gasteiger partial charge in [0, 0.05) is 7.05 Å². The predicted octanol–water partition coefficient (Wildman–Crippen LogP) is 2.48. The Morgan fingerprint density at radius 3 is 2.48 bits per heavy atom. The second-order valence-corrected chi connectivity index (χ2v) is 5.92. The molecule has 0 aromatic carbocycles. The fourth-order valence-corrected chi connectivity index (χ4v) is 2.81. The van der Waals surface area contributed by atoms with Crippen molar-refractivity contribution in [1.29, 1.82) is 0 Å². The molecular weight excluding hydrogens is 266 g/mol. The average Bonchev–Trinajstić information content (AvgIpc) is 2.64. The zero-order chi connectivity index (χ0) is 16.2. The Kier molecular flexibility index (Phi) is 6.34. The zero-order valence-corrected chi connectivity index (χ0v) is 13.7. The van der Waals surface area contributed by atoms with Crippen molar-refractivity contribution in [3.8, 4) is 0 Å². The molecule has 3 atom stereocenters. The summed E-state index contributed by atoms with van der Waals surface area (Å²) in [6.45, 7) is 7.46. The Morgan fingerprint density at radius 2 is 2.00 bits per heavy atom. The van der Waals surface area contributed by atoms with E-state index in [0.717, 1.165) is 24.8 Å². The van der Waals surface area contributed by atoms with Crippen LogP contribution >= 0.6 is 0 Å². The number of aliphatic hydroxyl groups is 1. The molecule has 1 fully saturated rings. The summed E-state index contributed by atoms with van der Waals surface area (Å²) in [5, 5.41) is 9.70. The number of carbonyl (C=O) groups excluding carboxylic acids is 2. The monoisotopic (exact) mass is 293 g/mol. The van der Waals surface area contributed by atoms with Crippen molar-refractivity contribution in [3.63, 3.8) is 0 Å². The summed E-state index contributed by atoms with van der Waals surface area (Å²) in [4.78, 5) is 26.0. The van der Waals surface area contributed by atoms with E-state index in [1.54, 1.807) is 14.0 Å². The Bertz CT molecular complexity index is 463. The van der Waals surface area contributed by atoms with E-state index >= 15 is 0 Å². The van der Waals surface area contributed by atoms with E-state index in [4.69, 9.17) is 0 Å². The molecule has 4 heteroatoms. The Balaban J connectivity index is 2.89. The Morgan fingerprint density at radius 1 is 1.38 bits per heavy atom. The number of unbranched alkanes of at least 4 members (excludes halogenated alkanes) is 1. The molecule has 1 heterocycles. The first-order chi connectivity index (χ1) is 9.82. The fraction of sp³-hybridized carbons (Fsp3) is 0.647. The van der Waals surface area contributed by atoms with Crippen LogP contribution in [0.5, 0.6) is 0 Å². The highest BCUT2D eigenvalue weighted by atomic mass is 16.3. The Hall–Kier alpha value is -1.42. The van der Waals surface area contributed by atoms with E-state index in [1.165, 1.54) is 4.90 Å². The average molecular weight is 293 g/mol. The van der Waals surface area contributed by atoms with Crippen LogP contribution in [0.4, 0.5) is 0 Å². The van der Waals surface area contributed by atoms with Gasteiger partial charge in [0.25, 0.3) is 5.91 Å². The second-order valence-electron chi connectivity index (χ2n) is 5.92. The molecule has 0 saturated carbocycles. The molecule has 0 spiro atoms. The standard InChI is InChI=1S/C17H27NO3/c1-6-7-8-9-10-11(2)12(3)14-16(20)15(13(4)19)18(5)17(14)21/h6-7,11,13,15,19H,8-10H2,1-5H3. The topological polar surface area (TPSA) is 57.6 Å². The SMILES string of the molecule is CC=CCCCC(C)C(C)=C1C(=O)C(C(C)O)N(C)C1=O. The lowest BCUT2D eigenvalue weighted by Crippen LogP contribution is -2.40. The maximum absolute atomic E-state index is 12.4. The largest absolute Gasteiger partial charge is 0.391 e. The summed E-state index contributed by atoms with van der Waals surface area (Å²) in [7, 11) is 1.58. The van der Waals surface area contributed by atoms with Crippen molar-refractivity contribution in [1.82, 2.24) is 4.90 Å². The van der Waals surface area contributed by atoms with Crippen LogP contribution in [0.2, 0.25) is 0 Å². The number of hydrogen-bond donors (Lipinski definition) is 1. The van der Waals surface area contributed by atoms with E-state index in [2.05, 4.69) is 6.08 Å². The van der Waals surface area contributed by atoms with Crippen molar-refractivity contribution >= 4 is 11.7 Å². The van der Waals surface area contributed by atoms with Crippen LogP contribution in [0.3, 0.4) is 0 Å². The maximum atomic E-state index is 12.4. The molecule has 3 unspecified atom stereocenters. The van der Waals surface area contributed by atoms with Gasteiger partial charge < -0.3 is 10.0 Å².